The zero-order valence-corrected chi connectivity index (χ0v) is 10.8. The molecule has 0 aromatic heterocycles. The molecule has 8 heteroatoms. The molecule has 0 aromatic carbocycles. The first-order valence-electron chi connectivity index (χ1n) is 5.65. The van der Waals surface area contributed by atoms with E-state index in [1.54, 1.807) is 0 Å². The minimum Gasteiger partial charge on any atom is -0.481 e. The smallest absolute Gasteiger partial charge is 0.326 e. The van der Waals surface area contributed by atoms with Gasteiger partial charge in [-0.25, -0.2) is 4.79 Å². The Bertz CT molecular complexity index is 353. The largest absolute Gasteiger partial charge is 0.481 e. The van der Waals surface area contributed by atoms with E-state index >= 15 is 0 Å². The monoisotopic (exact) mass is 277 g/mol. The molecule has 0 aromatic rings. The van der Waals surface area contributed by atoms with Crippen LogP contribution in [0.4, 0.5) is 0 Å². The van der Waals surface area contributed by atoms with E-state index in [0.717, 1.165) is 0 Å². The van der Waals surface area contributed by atoms with Crippen LogP contribution in [-0.4, -0.2) is 57.0 Å². The SMILES string of the molecule is CC(C)(CO)C(O)C(=O)NC(CCC(=O)O)C(=O)O. The van der Waals surface area contributed by atoms with E-state index in [4.69, 9.17) is 15.3 Å². The van der Waals surface area contributed by atoms with Crippen molar-refractivity contribution in [1.29, 1.82) is 0 Å². The van der Waals surface area contributed by atoms with Gasteiger partial charge in [0.2, 0.25) is 5.91 Å². The highest BCUT2D eigenvalue weighted by molar-refractivity contribution is 5.86. The molecule has 8 nitrogen and oxygen atoms in total. The number of carbonyl (C=O) groups excluding carboxylic acids is 1. The predicted molar refractivity (Wildman–Crippen MR) is 63.3 cm³/mol. The molecule has 0 fully saturated rings. The van der Waals surface area contributed by atoms with E-state index in [-0.39, 0.29) is 6.42 Å². The molecule has 5 N–H and O–H groups in total. The first-order valence-corrected chi connectivity index (χ1v) is 5.65. The maximum absolute atomic E-state index is 11.6. The van der Waals surface area contributed by atoms with Crippen LogP contribution < -0.4 is 5.32 Å². The highest BCUT2D eigenvalue weighted by Gasteiger charge is 2.35. The summed E-state index contributed by atoms with van der Waals surface area (Å²) in [6, 6.07) is -1.40. The van der Waals surface area contributed by atoms with Crippen LogP contribution in [0.3, 0.4) is 0 Å². The van der Waals surface area contributed by atoms with Gasteiger partial charge in [0.1, 0.15) is 12.1 Å². The van der Waals surface area contributed by atoms with Crippen molar-refractivity contribution in [1.82, 2.24) is 5.32 Å². The van der Waals surface area contributed by atoms with E-state index < -0.39 is 48.4 Å². The summed E-state index contributed by atoms with van der Waals surface area (Å²) in [4.78, 5) is 32.8. The van der Waals surface area contributed by atoms with Gasteiger partial charge in [0.05, 0.1) is 6.61 Å². The van der Waals surface area contributed by atoms with Gasteiger partial charge in [0, 0.05) is 11.8 Å². The molecule has 0 radical (unpaired) electrons. The maximum atomic E-state index is 11.6. The van der Waals surface area contributed by atoms with E-state index in [9.17, 15) is 19.5 Å². The van der Waals surface area contributed by atoms with Crippen molar-refractivity contribution in [2.24, 2.45) is 5.41 Å². The number of rotatable bonds is 8. The molecule has 0 heterocycles. The Morgan fingerprint density at radius 2 is 1.74 bits per heavy atom. The highest BCUT2D eigenvalue weighted by Crippen LogP contribution is 2.19. The third-order valence-electron chi connectivity index (χ3n) is 2.66. The summed E-state index contributed by atoms with van der Waals surface area (Å²) in [6.45, 7) is 2.41. The van der Waals surface area contributed by atoms with E-state index in [1.165, 1.54) is 13.8 Å². The minimum atomic E-state index is -1.59. The molecule has 0 aliphatic rings. The number of aliphatic carboxylic acids is 2. The lowest BCUT2D eigenvalue weighted by Crippen LogP contribution is -2.51. The van der Waals surface area contributed by atoms with Crippen molar-refractivity contribution in [3.8, 4) is 0 Å². The zero-order valence-electron chi connectivity index (χ0n) is 10.8. The average molecular weight is 277 g/mol. The second-order valence-electron chi connectivity index (χ2n) is 4.88. The lowest BCUT2D eigenvalue weighted by Gasteiger charge is -2.28. The Hall–Kier alpha value is -1.67. The van der Waals surface area contributed by atoms with Crippen molar-refractivity contribution >= 4 is 17.8 Å². The number of hydrogen-bond acceptors (Lipinski definition) is 5. The second-order valence-corrected chi connectivity index (χ2v) is 4.88. The van der Waals surface area contributed by atoms with Crippen LogP contribution in [0, 0.1) is 5.41 Å². The summed E-state index contributed by atoms with van der Waals surface area (Å²) in [5.41, 5.74) is -1.13. The van der Waals surface area contributed by atoms with Crippen molar-refractivity contribution < 1.29 is 34.8 Å². The van der Waals surface area contributed by atoms with Crippen LogP contribution >= 0.6 is 0 Å². The van der Waals surface area contributed by atoms with Crippen LogP contribution in [0.1, 0.15) is 26.7 Å². The van der Waals surface area contributed by atoms with Crippen molar-refractivity contribution in [3.63, 3.8) is 0 Å². The molecule has 0 bridgehead atoms. The number of nitrogens with one attached hydrogen (secondary N) is 1. The molecule has 19 heavy (non-hydrogen) atoms. The summed E-state index contributed by atoms with van der Waals surface area (Å²) in [6.07, 6.45) is -2.30. The molecule has 0 rings (SSSR count). The topological polar surface area (TPSA) is 144 Å². The van der Waals surface area contributed by atoms with Gasteiger partial charge >= 0.3 is 11.9 Å². The standard InChI is InChI=1S/C11H19NO7/c1-11(2,5-13)8(16)9(17)12-6(10(18)19)3-4-7(14)15/h6,8,13,16H,3-5H2,1-2H3,(H,12,17)(H,14,15)(H,18,19). The summed E-state index contributed by atoms with van der Waals surface area (Å²) in [5.74, 6) is -3.53. The molecule has 0 aliphatic heterocycles. The number of carboxylic acid groups (broad SMARTS) is 2. The Balaban J connectivity index is 4.64. The maximum Gasteiger partial charge on any atom is 0.326 e. The molecule has 0 saturated heterocycles. The third kappa shape index (κ3) is 5.66. The lowest BCUT2D eigenvalue weighted by atomic mass is 9.87. The van der Waals surface area contributed by atoms with Gasteiger partial charge < -0.3 is 25.7 Å². The number of aliphatic hydroxyl groups excluding tert-OH is 2. The lowest BCUT2D eigenvalue weighted by molar-refractivity contribution is -0.147. The third-order valence-corrected chi connectivity index (χ3v) is 2.66. The molecule has 2 atom stereocenters. The summed E-state index contributed by atoms with van der Waals surface area (Å²) >= 11 is 0. The van der Waals surface area contributed by atoms with Crippen molar-refractivity contribution in [2.45, 2.75) is 38.8 Å². The normalized spacial score (nSPS) is 14.5. The predicted octanol–water partition coefficient (Wildman–Crippen LogP) is -1.20. The molecule has 0 aliphatic carbocycles. The molecule has 2 unspecified atom stereocenters. The molecule has 110 valence electrons. The minimum absolute atomic E-state index is 0.289. The number of amides is 1. The van der Waals surface area contributed by atoms with E-state index in [2.05, 4.69) is 0 Å². The van der Waals surface area contributed by atoms with E-state index in [1.807, 2.05) is 5.32 Å². The second kappa shape index (κ2) is 7.05. The Morgan fingerprint density at radius 3 is 2.11 bits per heavy atom. The fourth-order valence-electron chi connectivity index (χ4n) is 1.22. The Kier molecular flexibility index (Phi) is 6.43. The van der Waals surface area contributed by atoms with E-state index in [0.29, 0.717) is 0 Å². The molecular formula is C11H19NO7. The summed E-state index contributed by atoms with van der Waals surface area (Å²) in [7, 11) is 0. The van der Waals surface area contributed by atoms with Gasteiger partial charge in [-0.2, -0.15) is 0 Å². The fraction of sp³-hybridized carbons (Fsp3) is 0.727. The van der Waals surface area contributed by atoms with Gasteiger partial charge in [-0.05, 0) is 6.42 Å². The average Bonchev–Trinajstić information content (AvgIpc) is 2.32. The van der Waals surface area contributed by atoms with Gasteiger partial charge in [-0.1, -0.05) is 13.8 Å². The van der Waals surface area contributed by atoms with Gasteiger partial charge in [-0.15, -0.1) is 0 Å². The van der Waals surface area contributed by atoms with Gasteiger partial charge in [0.15, 0.2) is 0 Å². The van der Waals surface area contributed by atoms with Crippen LogP contribution in [0.25, 0.3) is 0 Å². The quantitative estimate of drug-likeness (QED) is 0.375. The highest BCUT2D eigenvalue weighted by atomic mass is 16.4. The van der Waals surface area contributed by atoms with Crippen LogP contribution in [-0.2, 0) is 14.4 Å². The molecule has 0 spiro atoms. The summed E-state index contributed by atoms with van der Waals surface area (Å²) < 4.78 is 0. The van der Waals surface area contributed by atoms with Crippen molar-refractivity contribution in [3.05, 3.63) is 0 Å². The number of hydrogen-bond donors (Lipinski definition) is 5. The Morgan fingerprint density at radius 1 is 1.21 bits per heavy atom. The molecular weight excluding hydrogens is 258 g/mol. The molecule has 1 amide bonds. The van der Waals surface area contributed by atoms with Crippen LogP contribution in [0.2, 0.25) is 0 Å². The van der Waals surface area contributed by atoms with Gasteiger partial charge in [-0.3, -0.25) is 9.59 Å². The first kappa shape index (κ1) is 17.3. The van der Waals surface area contributed by atoms with Crippen molar-refractivity contribution in [2.75, 3.05) is 6.61 Å². The zero-order chi connectivity index (χ0) is 15.2. The molecule has 0 saturated carbocycles. The van der Waals surface area contributed by atoms with Crippen LogP contribution in [0.15, 0.2) is 0 Å². The van der Waals surface area contributed by atoms with Gasteiger partial charge in [0.25, 0.3) is 0 Å². The number of carbonyl (C=O) groups is 3. The fourth-order valence-corrected chi connectivity index (χ4v) is 1.22. The van der Waals surface area contributed by atoms with Crippen LogP contribution in [0.5, 0.6) is 0 Å². The summed E-state index contributed by atoms with van der Waals surface area (Å²) in [5, 5.41) is 38.0. The number of carboxylic acids is 2. The first-order chi connectivity index (χ1) is 8.61. The Labute approximate surface area is 110 Å². The number of aliphatic hydroxyl groups is 2.